The number of nitrogens with one attached hydrogen (secondary N) is 2. The van der Waals surface area contributed by atoms with Gasteiger partial charge in [0.2, 0.25) is 10.0 Å². The highest BCUT2D eigenvalue weighted by Gasteiger charge is 2.17. The van der Waals surface area contributed by atoms with Gasteiger partial charge in [0.25, 0.3) is 0 Å². The van der Waals surface area contributed by atoms with Crippen molar-refractivity contribution in [2.75, 3.05) is 39.3 Å². The van der Waals surface area contributed by atoms with Crippen molar-refractivity contribution < 1.29 is 8.42 Å². The Morgan fingerprint density at radius 1 is 1.12 bits per heavy atom. The van der Waals surface area contributed by atoms with Crippen LogP contribution in [0.15, 0.2) is 27.9 Å². The van der Waals surface area contributed by atoms with Crippen LogP contribution in [0.25, 0.3) is 11.0 Å². The Morgan fingerprint density at radius 3 is 2.50 bits per heavy atom. The Kier molecular flexibility index (Phi) is 4.77. The van der Waals surface area contributed by atoms with Crippen molar-refractivity contribution in [1.82, 2.24) is 24.1 Å². The first-order chi connectivity index (χ1) is 11.4. The maximum Gasteiger partial charge on any atom is 0.328 e. The molecule has 1 saturated heterocycles. The molecule has 132 valence electrons. The molecular formula is C15H23N5O3S. The molecule has 1 aliphatic rings. The number of sulfonamides is 1. The second-order valence-electron chi connectivity index (χ2n) is 6.04. The Labute approximate surface area is 141 Å². The number of fused-ring (bicyclic) bond motifs is 1. The van der Waals surface area contributed by atoms with Crippen molar-refractivity contribution in [2.24, 2.45) is 14.1 Å². The van der Waals surface area contributed by atoms with Gasteiger partial charge in [-0.05, 0) is 18.2 Å². The minimum atomic E-state index is -3.59. The van der Waals surface area contributed by atoms with E-state index in [1.54, 1.807) is 26.2 Å². The first-order valence-electron chi connectivity index (χ1n) is 7.98. The van der Waals surface area contributed by atoms with Crippen LogP contribution in [0.4, 0.5) is 0 Å². The van der Waals surface area contributed by atoms with Gasteiger partial charge in [-0.1, -0.05) is 0 Å². The van der Waals surface area contributed by atoms with Gasteiger partial charge in [0, 0.05) is 53.4 Å². The number of benzene rings is 1. The molecule has 9 heteroatoms. The van der Waals surface area contributed by atoms with E-state index in [9.17, 15) is 13.2 Å². The second kappa shape index (κ2) is 6.67. The van der Waals surface area contributed by atoms with E-state index in [2.05, 4.69) is 14.9 Å². The molecule has 0 spiro atoms. The zero-order valence-corrected chi connectivity index (χ0v) is 14.8. The van der Waals surface area contributed by atoms with E-state index < -0.39 is 10.0 Å². The molecule has 2 aromatic rings. The third kappa shape index (κ3) is 3.25. The Hall–Kier alpha value is -1.68. The lowest BCUT2D eigenvalue weighted by Crippen LogP contribution is -2.46. The van der Waals surface area contributed by atoms with E-state index >= 15 is 0 Å². The maximum absolute atomic E-state index is 12.5. The van der Waals surface area contributed by atoms with E-state index in [4.69, 9.17) is 0 Å². The number of imidazole rings is 1. The molecule has 1 aromatic heterocycles. The molecule has 3 rings (SSSR count). The summed E-state index contributed by atoms with van der Waals surface area (Å²) in [5.74, 6) is 0. The van der Waals surface area contributed by atoms with Gasteiger partial charge in [0.05, 0.1) is 15.9 Å². The molecule has 24 heavy (non-hydrogen) atoms. The van der Waals surface area contributed by atoms with Gasteiger partial charge in [-0.2, -0.15) is 0 Å². The van der Waals surface area contributed by atoms with Crippen LogP contribution < -0.4 is 15.7 Å². The highest BCUT2D eigenvalue weighted by Crippen LogP contribution is 2.17. The van der Waals surface area contributed by atoms with Crippen LogP contribution in [0.2, 0.25) is 0 Å². The smallest absolute Gasteiger partial charge is 0.314 e. The largest absolute Gasteiger partial charge is 0.328 e. The summed E-state index contributed by atoms with van der Waals surface area (Å²) in [6.07, 6.45) is 0. The fraction of sp³-hybridized carbons (Fsp3) is 0.533. The van der Waals surface area contributed by atoms with Gasteiger partial charge >= 0.3 is 5.69 Å². The number of aryl methyl sites for hydroxylation is 2. The van der Waals surface area contributed by atoms with Gasteiger partial charge in [-0.25, -0.2) is 17.9 Å². The van der Waals surface area contributed by atoms with Crippen LogP contribution in [-0.2, 0) is 24.1 Å². The summed E-state index contributed by atoms with van der Waals surface area (Å²) in [7, 11) is -0.281. The molecule has 1 fully saturated rings. The molecule has 2 N–H and O–H groups in total. The number of rotatable bonds is 5. The molecule has 0 atom stereocenters. The molecule has 0 unspecified atom stereocenters. The Bertz CT molecular complexity index is 894. The molecule has 2 heterocycles. The highest BCUT2D eigenvalue weighted by atomic mass is 32.2. The van der Waals surface area contributed by atoms with Crippen molar-refractivity contribution in [3.8, 4) is 0 Å². The van der Waals surface area contributed by atoms with Crippen LogP contribution in [0.3, 0.4) is 0 Å². The summed E-state index contributed by atoms with van der Waals surface area (Å²) in [5, 5.41) is 3.27. The van der Waals surface area contributed by atoms with E-state index in [1.165, 1.54) is 15.2 Å². The molecule has 1 aliphatic heterocycles. The van der Waals surface area contributed by atoms with Crippen molar-refractivity contribution in [3.05, 3.63) is 28.7 Å². The second-order valence-corrected chi connectivity index (χ2v) is 7.81. The zero-order valence-electron chi connectivity index (χ0n) is 13.9. The lowest BCUT2D eigenvalue weighted by Gasteiger charge is -2.27. The van der Waals surface area contributed by atoms with Crippen LogP contribution in [0, 0.1) is 0 Å². The van der Waals surface area contributed by atoms with Gasteiger partial charge in [-0.15, -0.1) is 0 Å². The molecule has 0 saturated carbocycles. The number of piperazine rings is 1. The van der Waals surface area contributed by atoms with Gasteiger partial charge in [-0.3, -0.25) is 14.0 Å². The number of hydrogen-bond donors (Lipinski definition) is 2. The van der Waals surface area contributed by atoms with Gasteiger partial charge in [0.15, 0.2) is 0 Å². The van der Waals surface area contributed by atoms with Crippen molar-refractivity contribution in [2.45, 2.75) is 4.90 Å². The van der Waals surface area contributed by atoms with Crippen molar-refractivity contribution in [3.63, 3.8) is 0 Å². The molecule has 0 aliphatic carbocycles. The topological polar surface area (TPSA) is 88.4 Å². The van der Waals surface area contributed by atoms with Crippen LogP contribution in [0.1, 0.15) is 0 Å². The SMILES string of the molecule is Cn1c(=O)n(C)c2cc(S(=O)(=O)NCCN3CCNCC3)ccc21. The summed E-state index contributed by atoms with van der Waals surface area (Å²) in [4.78, 5) is 14.3. The molecule has 0 radical (unpaired) electrons. The molecule has 1 aromatic carbocycles. The van der Waals surface area contributed by atoms with Crippen LogP contribution in [0.5, 0.6) is 0 Å². The summed E-state index contributed by atoms with van der Waals surface area (Å²) in [6, 6.07) is 4.75. The normalized spacial score (nSPS) is 16.8. The predicted octanol–water partition coefficient (Wildman–Crippen LogP) is -0.939. The Morgan fingerprint density at radius 2 is 1.79 bits per heavy atom. The van der Waals surface area contributed by atoms with Gasteiger partial charge < -0.3 is 5.32 Å². The van der Waals surface area contributed by atoms with E-state index in [0.29, 0.717) is 24.1 Å². The molecule has 8 nitrogen and oxygen atoms in total. The van der Waals surface area contributed by atoms with E-state index in [1.807, 2.05) is 0 Å². The van der Waals surface area contributed by atoms with E-state index in [-0.39, 0.29) is 10.6 Å². The Balaban J connectivity index is 1.75. The van der Waals surface area contributed by atoms with E-state index in [0.717, 1.165) is 26.2 Å². The number of nitrogens with zero attached hydrogens (tertiary/aromatic N) is 3. The maximum atomic E-state index is 12.5. The summed E-state index contributed by atoms with van der Waals surface area (Å²) >= 11 is 0. The first-order valence-corrected chi connectivity index (χ1v) is 9.47. The van der Waals surface area contributed by atoms with Crippen molar-refractivity contribution in [1.29, 1.82) is 0 Å². The summed E-state index contributed by atoms with van der Waals surface area (Å²) < 4.78 is 30.6. The van der Waals surface area contributed by atoms with Crippen LogP contribution >= 0.6 is 0 Å². The lowest BCUT2D eigenvalue weighted by molar-refractivity contribution is 0.245. The molecule has 0 amide bonds. The average Bonchev–Trinajstić information content (AvgIpc) is 2.80. The fourth-order valence-electron chi connectivity index (χ4n) is 3.01. The minimum absolute atomic E-state index is 0.175. The first kappa shape index (κ1) is 17.2. The minimum Gasteiger partial charge on any atom is -0.314 e. The highest BCUT2D eigenvalue weighted by molar-refractivity contribution is 7.89. The van der Waals surface area contributed by atoms with Crippen LogP contribution in [-0.4, -0.2) is 61.7 Å². The molecule has 0 bridgehead atoms. The summed E-state index contributed by atoms with van der Waals surface area (Å²) in [6.45, 7) is 4.79. The summed E-state index contributed by atoms with van der Waals surface area (Å²) in [5.41, 5.74) is 1.14. The monoisotopic (exact) mass is 353 g/mol. The average molecular weight is 353 g/mol. The quantitative estimate of drug-likeness (QED) is 0.724. The number of hydrogen-bond acceptors (Lipinski definition) is 5. The molecular weight excluding hydrogens is 330 g/mol. The third-order valence-corrected chi connectivity index (χ3v) is 5.94. The van der Waals surface area contributed by atoms with Crippen molar-refractivity contribution >= 4 is 21.1 Å². The standard InChI is InChI=1S/C15H23N5O3S/c1-18-13-4-3-12(11-14(13)19(2)15(18)21)24(22,23)17-7-10-20-8-5-16-6-9-20/h3-4,11,16-17H,5-10H2,1-2H3. The third-order valence-electron chi connectivity index (χ3n) is 4.48. The fourth-order valence-corrected chi connectivity index (χ4v) is 4.05. The van der Waals surface area contributed by atoms with Gasteiger partial charge in [0.1, 0.15) is 0 Å². The predicted molar refractivity (Wildman–Crippen MR) is 92.7 cm³/mol. The lowest BCUT2D eigenvalue weighted by atomic mass is 10.3. The number of aromatic nitrogens is 2. The zero-order chi connectivity index (χ0) is 17.3.